The molecule has 5 rings (SSSR count). The summed E-state index contributed by atoms with van der Waals surface area (Å²) in [7, 11) is 0. The van der Waals surface area contributed by atoms with Crippen molar-refractivity contribution >= 4 is 29.1 Å². The van der Waals surface area contributed by atoms with E-state index in [1.54, 1.807) is 54.9 Å². The summed E-state index contributed by atoms with van der Waals surface area (Å²) in [5, 5.41) is 15.4. The maximum absolute atomic E-state index is 13.4. The lowest BCUT2D eigenvalue weighted by Gasteiger charge is -2.37. The van der Waals surface area contributed by atoms with Crippen LogP contribution in [-0.4, -0.2) is 84.9 Å². The second-order valence-corrected chi connectivity index (χ2v) is 9.79. The van der Waals surface area contributed by atoms with Gasteiger partial charge in [-0.15, -0.1) is 0 Å². The molecule has 2 saturated heterocycles. The van der Waals surface area contributed by atoms with Crippen LogP contribution in [0.25, 0.3) is 0 Å². The number of pyridine rings is 1. The molecule has 3 aromatic rings. The molecule has 0 bridgehead atoms. The fourth-order valence-corrected chi connectivity index (χ4v) is 4.99. The van der Waals surface area contributed by atoms with Gasteiger partial charge in [0.05, 0.1) is 23.0 Å². The summed E-state index contributed by atoms with van der Waals surface area (Å²) < 4.78 is 0. The van der Waals surface area contributed by atoms with E-state index < -0.39 is 0 Å². The van der Waals surface area contributed by atoms with Crippen molar-refractivity contribution in [1.29, 1.82) is 5.26 Å². The van der Waals surface area contributed by atoms with Crippen molar-refractivity contribution in [1.82, 2.24) is 20.1 Å². The molecular formula is C30H31N7O3. The highest BCUT2D eigenvalue weighted by molar-refractivity contribution is 6.07. The van der Waals surface area contributed by atoms with Gasteiger partial charge in [-0.05, 0) is 67.6 Å². The molecule has 0 saturated carbocycles. The van der Waals surface area contributed by atoms with E-state index in [0.29, 0.717) is 67.2 Å². The van der Waals surface area contributed by atoms with E-state index in [0.717, 1.165) is 25.2 Å². The highest BCUT2D eigenvalue weighted by Crippen LogP contribution is 2.30. The molecule has 3 heterocycles. The van der Waals surface area contributed by atoms with Crippen LogP contribution in [0.3, 0.4) is 0 Å². The van der Waals surface area contributed by atoms with E-state index in [9.17, 15) is 14.4 Å². The van der Waals surface area contributed by atoms with E-state index in [1.165, 1.54) is 0 Å². The molecule has 3 amide bonds. The van der Waals surface area contributed by atoms with E-state index in [4.69, 9.17) is 5.26 Å². The molecule has 0 atom stereocenters. The van der Waals surface area contributed by atoms with Gasteiger partial charge in [-0.3, -0.25) is 19.4 Å². The first kappa shape index (κ1) is 26.8. The summed E-state index contributed by atoms with van der Waals surface area (Å²) in [6.45, 7) is 5.11. The van der Waals surface area contributed by atoms with Crippen LogP contribution >= 0.6 is 0 Å². The fraction of sp³-hybridized carbons (Fsp3) is 0.300. The fourth-order valence-electron chi connectivity index (χ4n) is 4.99. The number of benzene rings is 2. The predicted octanol–water partition coefficient (Wildman–Crippen LogP) is 2.60. The summed E-state index contributed by atoms with van der Waals surface area (Å²) >= 11 is 0. The molecule has 2 N–H and O–H groups in total. The van der Waals surface area contributed by atoms with Crippen molar-refractivity contribution < 1.29 is 14.4 Å². The van der Waals surface area contributed by atoms with Gasteiger partial charge in [-0.2, -0.15) is 5.26 Å². The lowest BCUT2D eigenvalue weighted by molar-refractivity contribution is 0.0743. The Morgan fingerprint density at radius 3 is 2.17 bits per heavy atom. The van der Waals surface area contributed by atoms with Crippen LogP contribution in [0.4, 0.5) is 11.4 Å². The lowest BCUT2D eigenvalue weighted by atomic mass is 10.1. The lowest BCUT2D eigenvalue weighted by Crippen LogP contribution is -2.49. The average Bonchev–Trinajstić information content (AvgIpc) is 3.31. The quantitative estimate of drug-likeness (QED) is 0.513. The first-order valence-corrected chi connectivity index (χ1v) is 13.4. The van der Waals surface area contributed by atoms with Crippen molar-refractivity contribution in [3.8, 4) is 6.07 Å². The predicted molar refractivity (Wildman–Crippen MR) is 151 cm³/mol. The number of carbonyl (C=O) groups excluding carboxylic acids is 3. The topological polar surface area (TPSA) is 122 Å². The smallest absolute Gasteiger partial charge is 0.255 e. The van der Waals surface area contributed by atoms with E-state index in [2.05, 4.69) is 26.6 Å². The third-order valence-electron chi connectivity index (χ3n) is 7.23. The third-order valence-corrected chi connectivity index (χ3v) is 7.23. The van der Waals surface area contributed by atoms with Crippen LogP contribution < -0.4 is 15.5 Å². The minimum absolute atomic E-state index is 0.0377. The van der Waals surface area contributed by atoms with Gasteiger partial charge in [0.15, 0.2) is 0 Å². The van der Waals surface area contributed by atoms with E-state index in [-0.39, 0.29) is 17.7 Å². The van der Waals surface area contributed by atoms with Crippen LogP contribution in [0.2, 0.25) is 0 Å². The van der Waals surface area contributed by atoms with E-state index >= 15 is 0 Å². The van der Waals surface area contributed by atoms with Gasteiger partial charge in [-0.25, -0.2) is 0 Å². The molecule has 10 heteroatoms. The number of rotatable bonds is 5. The van der Waals surface area contributed by atoms with Gasteiger partial charge in [0.2, 0.25) is 0 Å². The molecule has 204 valence electrons. The Labute approximate surface area is 233 Å². The Bertz CT molecular complexity index is 1400. The molecule has 1 aromatic heterocycles. The van der Waals surface area contributed by atoms with Crippen molar-refractivity contribution in [2.75, 3.05) is 62.6 Å². The minimum atomic E-state index is -0.333. The summed E-state index contributed by atoms with van der Waals surface area (Å²) in [6, 6.07) is 17.3. The third kappa shape index (κ3) is 6.11. The van der Waals surface area contributed by atoms with Crippen molar-refractivity contribution in [3.63, 3.8) is 0 Å². The number of nitrogens with zero attached hydrogens (tertiary/aromatic N) is 5. The van der Waals surface area contributed by atoms with Crippen LogP contribution in [0.5, 0.6) is 0 Å². The van der Waals surface area contributed by atoms with Crippen LogP contribution in [-0.2, 0) is 0 Å². The zero-order valence-corrected chi connectivity index (χ0v) is 22.2. The monoisotopic (exact) mass is 537 g/mol. The molecule has 0 spiro atoms. The molecule has 10 nitrogen and oxygen atoms in total. The maximum Gasteiger partial charge on any atom is 0.255 e. The van der Waals surface area contributed by atoms with Crippen molar-refractivity contribution in [3.05, 3.63) is 89.2 Å². The molecular weight excluding hydrogens is 506 g/mol. The molecule has 40 heavy (non-hydrogen) atoms. The molecule has 0 radical (unpaired) electrons. The summed E-state index contributed by atoms with van der Waals surface area (Å²) in [5.74, 6) is -0.443. The normalized spacial score (nSPS) is 15.6. The first-order chi connectivity index (χ1) is 19.5. The second-order valence-electron chi connectivity index (χ2n) is 9.79. The SMILES string of the molecule is N#Cc1ccc(C(=O)Nc2cc(C(=O)N3CCCNCC3)ccc2N2CCN(C(=O)c3ccncc3)CC2)cc1. The Morgan fingerprint density at radius 1 is 0.775 bits per heavy atom. The first-order valence-electron chi connectivity index (χ1n) is 13.4. The Kier molecular flexibility index (Phi) is 8.32. The molecule has 0 unspecified atom stereocenters. The Balaban J connectivity index is 1.37. The number of hydrogen-bond donors (Lipinski definition) is 2. The molecule has 2 aliphatic heterocycles. The van der Waals surface area contributed by atoms with Gasteiger partial charge in [-0.1, -0.05) is 0 Å². The number of aromatic nitrogens is 1. The standard InChI is InChI=1S/C30H31N7O3/c31-21-22-2-4-23(5-3-22)28(38)34-26-20-25(30(40)36-14-1-10-32-13-15-36)6-7-27(26)35-16-18-37(19-17-35)29(39)24-8-11-33-12-9-24/h2-9,11-12,20,32H,1,10,13-19H2,(H,34,38). The summed E-state index contributed by atoms with van der Waals surface area (Å²) in [5.41, 5.74) is 3.30. The van der Waals surface area contributed by atoms with Crippen molar-refractivity contribution in [2.45, 2.75) is 6.42 Å². The number of carbonyl (C=O) groups is 3. The largest absolute Gasteiger partial charge is 0.366 e. The van der Waals surface area contributed by atoms with Gasteiger partial charge in [0.25, 0.3) is 17.7 Å². The highest BCUT2D eigenvalue weighted by Gasteiger charge is 2.25. The minimum Gasteiger partial charge on any atom is -0.366 e. The molecule has 2 aromatic carbocycles. The number of anilines is 2. The van der Waals surface area contributed by atoms with Gasteiger partial charge in [0, 0.05) is 74.9 Å². The number of nitriles is 1. The van der Waals surface area contributed by atoms with Crippen LogP contribution in [0.15, 0.2) is 67.0 Å². The Hall–Kier alpha value is -4.75. The van der Waals surface area contributed by atoms with Gasteiger partial charge in [0.1, 0.15) is 0 Å². The molecule has 2 aliphatic rings. The second kappa shape index (κ2) is 12.4. The molecule has 0 aliphatic carbocycles. The zero-order chi connectivity index (χ0) is 27.9. The van der Waals surface area contributed by atoms with Gasteiger partial charge >= 0.3 is 0 Å². The van der Waals surface area contributed by atoms with Gasteiger partial charge < -0.3 is 25.3 Å². The van der Waals surface area contributed by atoms with E-state index in [1.807, 2.05) is 21.9 Å². The van der Waals surface area contributed by atoms with Crippen LogP contribution in [0, 0.1) is 11.3 Å². The van der Waals surface area contributed by atoms with Crippen molar-refractivity contribution in [2.24, 2.45) is 0 Å². The Morgan fingerprint density at radius 2 is 1.45 bits per heavy atom. The molecule has 2 fully saturated rings. The number of hydrogen-bond acceptors (Lipinski definition) is 7. The average molecular weight is 538 g/mol. The zero-order valence-electron chi connectivity index (χ0n) is 22.2. The van der Waals surface area contributed by atoms with Crippen LogP contribution in [0.1, 0.15) is 43.1 Å². The highest BCUT2D eigenvalue weighted by atomic mass is 16.2. The summed E-state index contributed by atoms with van der Waals surface area (Å²) in [6.07, 6.45) is 4.10. The summed E-state index contributed by atoms with van der Waals surface area (Å²) in [4.78, 5) is 49.2. The number of nitrogens with one attached hydrogen (secondary N) is 2. The maximum atomic E-state index is 13.4. The number of piperazine rings is 1. The number of amides is 3.